The molecule has 0 fully saturated rings. The number of fused-ring (bicyclic) bond motifs is 1. The lowest BCUT2D eigenvalue weighted by molar-refractivity contribution is -0.118. The Bertz CT molecular complexity index is 946. The number of amides is 1. The third-order valence-corrected chi connectivity index (χ3v) is 3.97. The lowest BCUT2D eigenvalue weighted by Crippen LogP contribution is -2.20. The molecule has 0 saturated carbocycles. The molecule has 0 saturated heterocycles. The van der Waals surface area contributed by atoms with Crippen molar-refractivity contribution in [2.75, 3.05) is 11.9 Å². The maximum absolute atomic E-state index is 12.0. The molecule has 5 heteroatoms. The third-order valence-electron chi connectivity index (χ3n) is 3.97. The van der Waals surface area contributed by atoms with E-state index in [1.165, 1.54) is 0 Å². The van der Waals surface area contributed by atoms with Gasteiger partial charge >= 0.3 is 0 Å². The molecule has 122 valence electrons. The zero-order valence-electron chi connectivity index (χ0n) is 13.6. The summed E-state index contributed by atoms with van der Waals surface area (Å²) in [6, 6.07) is 14.6. The van der Waals surface area contributed by atoms with E-state index >= 15 is 0 Å². The van der Waals surface area contributed by atoms with Crippen molar-refractivity contribution in [2.45, 2.75) is 13.8 Å². The van der Waals surface area contributed by atoms with E-state index in [1.54, 1.807) is 25.1 Å². The maximum atomic E-state index is 12.0. The third kappa shape index (κ3) is 3.30. The van der Waals surface area contributed by atoms with Gasteiger partial charge in [0.05, 0.1) is 5.52 Å². The number of carbonyl (C=O) groups excluding carboxylic acids is 1. The van der Waals surface area contributed by atoms with Crippen molar-refractivity contribution in [3.05, 3.63) is 70.0 Å². The van der Waals surface area contributed by atoms with Gasteiger partial charge in [-0.05, 0) is 43.7 Å². The molecule has 0 atom stereocenters. The minimum Gasteiger partial charge on any atom is -0.484 e. The van der Waals surface area contributed by atoms with Crippen LogP contribution >= 0.6 is 0 Å². The Hall–Kier alpha value is -3.08. The number of aromatic amines is 1. The van der Waals surface area contributed by atoms with Gasteiger partial charge in [-0.25, -0.2) is 0 Å². The van der Waals surface area contributed by atoms with Crippen molar-refractivity contribution in [3.63, 3.8) is 0 Å². The van der Waals surface area contributed by atoms with Gasteiger partial charge < -0.3 is 15.0 Å². The van der Waals surface area contributed by atoms with Crippen LogP contribution in [0.2, 0.25) is 0 Å². The fourth-order valence-electron chi connectivity index (χ4n) is 2.50. The standard InChI is InChI=1S/C19H18N2O3/c1-12-13(2)19(23)21-17-10-14(8-9-16(12)17)20-18(22)11-24-15-6-4-3-5-7-15/h3-10H,11H2,1-2H3,(H,20,22)(H,21,23). The fourth-order valence-corrected chi connectivity index (χ4v) is 2.50. The van der Waals surface area contributed by atoms with Gasteiger partial charge in [0.1, 0.15) is 5.75 Å². The summed E-state index contributed by atoms with van der Waals surface area (Å²) in [6.45, 7) is 3.63. The van der Waals surface area contributed by atoms with Crippen LogP contribution in [0.3, 0.4) is 0 Å². The molecule has 3 aromatic rings. The van der Waals surface area contributed by atoms with Crippen LogP contribution in [0, 0.1) is 13.8 Å². The molecule has 0 unspecified atom stereocenters. The Morgan fingerprint density at radius 3 is 2.58 bits per heavy atom. The molecule has 0 aliphatic rings. The highest BCUT2D eigenvalue weighted by Crippen LogP contribution is 2.21. The van der Waals surface area contributed by atoms with Gasteiger partial charge in [-0.3, -0.25) is 9.59 Å². The minimum atomic E-state index is -0.260. The van der Waals surface area contributed by atoms with E-state index in [4.69, 9.17) is 4.74 Å². The molecule has 3 rings (SSSR count). The number of aromatic nitrogens is 1. The molecule has 1 aromatic heterocycles. The molecular formula is C19H18N2O3. The van der Waals surface area contributed by atoms with Crippen molar-refractivity contribution in [3.8, 4) is 5.75 Å². The van der Waals surface area contributed by atoms with Crippen molar-refractivity contribution in [2.24, 2.45) is 0 Å². The molecule has 0 aliphatic heterocycles. The summed E-state index contributed by atoms with van der Waals surface area (Å²) in [5, 5.41) is 3.74. The van der Waals surface area contributed by atoms with Gasteiger partial charge in [-0.2, -0.15) is 0 Å². The fraction of sp³-hybridized carbons (Fsp3) is 0.158. The first kappa shape index (κ1) is 15.8. The van der Waals surface area contributed by atoms with Gasteiger partial charge in [0.15, 0.2) is 6.61 Å². The summed E-state index contributed by atoms with van der Waals surface area (Å²) in [5.41, 5.74) is 2.85. The monoisotopic (exact) mass is 322 g/mol. The van der Waals surface area contributed by atoms with E-state index in [2.05, 4.69) is 10.3 Å². The molecule has 2 aromatic carbocycles. The smallest absolute Gasteiger partial charge is 0.262 e. The average molecular weight is 322 g/mol. The van der Waals surface area contributed by atoms with Crippen LogP contribution in [-0.2, 0) is 4.79 Å². The van der Waals surface area contributed by atoms with Crippen LogP contribution in [0.4, 0.5) is 5.69 Å². The van der Waals surface area contributed by atoms with Gasteiger partial charge in [0.25, 0.3) is 11.5 Å². The van der Waals surface area contributed by atoms with E-state index < -0.39 is 0 Å². The first-order chi connectivity index (χ1) is 11.5. The second kappa shape index (κ2) is 6.58. The number of carbonyl (C=O) groups is 1. The number of pyridine rings is 1. The Kier molecular flexibility index (Phi) is 4.33. The summed E-state index contributed by atoms with van der Waals surface area (Å²) in [5.74, 6) is 0.381. The van der Waals surface area contributed by atoms with Crippen molar-refractivity contribution in [1.82, 2.24) is 4.98 Å². The first-order valence-corrected chi connectivity index (χ1v) is 7.65. The predicted octanol–water partition coefficient (Wildman–Crippen LogP) is 3.16. The van der Waals surface area contributed by atoms with E-state index in [1.807, 2.05) is 37.3 Å². The van der Waals surface area contributed by atoms with Crippen LogP contribution in [0.15, 0.2) is 53.3 Å². The van der Waals surface area contributed by atoms with Gasteiger partial charge in [0.2, 0.25) is 0 Å². The first-order valence-electron chi connectivity index (χ1n) is 7.65. The molecular weight excluding hydrogens is 304 g/mol. The van der Waals surface area contributed by atoms with Crippen LogP contribution in [0.1, 0.15) is 11.1 Å². The quantitative estimate of drug-likeness (QED) is 0.775. The summed E-state index contributed by atoms with van der Waals surface area (Å²) >= 11 is 0. The Balaban J connectivity index is 1.74. The number of hydrogen-bond acceptors (Lipinski definition) is 3. The number of ether oxygens (including phenoxy) is 1. The number of nitrogens with one attached hydrogen (secondary N) is 2. The zero-order chi connectivity index (χ0) is 17.1. The number of anilines is 1. The largest absolute Gasteiger partial charge is 0.484 e. The SMILES string of the molecule is Cc1c(C)c2ccc(NC(=O)COc3ccccc3)cc2[nH]c1=O. The van der Waals surface area contributed by atoms with Crippen LogP contribution < -0.4 is 15.6 Å². The molecule has 0 bridgehead atoms. The maximum Gasteiger partial charge on any atom is 0.262 e. The Labute approximate surface area is 139 Å². The highest BCUT2D eigenvalue weighted by atomic mass is 16.5. The van der Waals surface area contributed by atoms with Gasteiger partial charge in [0, 0.05) is 16.6 Å². The summed E-state index contributed by atoms with van der Waals surface area (Å²) < 4.78 is 5.41. The Morgan fingerprint density at radius 1 is 1.08 bits per heavy atom. The van der Waals surface area contributed by atoms with Crippen LogP contribution in [0.5, 0.6) is 5.75 Å². The molecule has 0 aliphatic carbocycles. The highest BCUT2D eigenvalue weighted by molar-refractivity contribution is 5.95. The zero-order valence-corrected chi connectivity index (χ0v) is 13.6. The second-order valence-corrected chi connectivity index (χ2v) is 5.61. The topological polar surface area (TPSA) is 71.2 Å². The predicted molar refractivity (Wildman–Crippen MR) is 94.6 cm³/mol. The number of para-hydroxylation sites is 1. The number of H-pyrrole nitrogens is 1. The number of benzene rings is 2. The molecule has 5 nitrogen and oxygen atoms in total. The lowest BCUT2D eigenvalue weighted by Gasteiger charge is -2.10. The van der Waals surface area contributed by atoms with Crippen molar-refractivity contribution >= 4 is 22.5 Å². The van der Waals surface area contributed by atoms with Gasteiger partial charge in [-0.1, -0.05) is 24.3 Å². The van der Waals surface area contributed by atoms with E-state index in [0.29, 0.717) is 22.5 Å². The summed E-state index contributed by atoms with van der Waals surface area (Å²) in [7, 11) is 0. The van der Waals surface area contributed by atoms with Gasteiger partial charge in [-0.15, -0.1) is 0 Å². The molecule has 2 N–H and O–H groups in total. The molecule has 0 spiro atoms. The summed E-state index contributed by atoms with van der Waals surface area (Å²) in [6.07, 6.45) is 0. The van der Waals surface area contributed by atoms with Crippen molar-refractivity contribution in [1.29, 1.82) is 0 Å². The minimum absolute atomic E-state index is 0.0779. The van der Waals surface area contributed by atoms with Crippen LogP contribution in [-0.4, -0.2) is 17.5 Å². The van der Waals surface area contributed by atoms with Crippen LogP contribution in [0.25, 0.3) is 10.9 Å². The van der Waals surface area contributed by atoms with E-state index in [-0.39, 0.29) is 18.1 Å². The number of aryl methyl sites for hydroxylation is 1. The summed E-state index contributed by atoms with van der Waals surface area (Å²) in [4.78, 5) is 26.7. The molecule has 1 amide bonds. The Morgan fingerprint density at radius 2 is 1.83 bits per heavy atom. The number of rotatable bonds is 4. The second-order valence-electron chi connectivity index (χ2n) is 5.61. The normalized spacial score (nSPS) is 10.6. The van der Waals surface area contributed by atoms with Crippen molar-refractivity contribution < 1.29 is 9.53 Å². The average Bonchev–Trinajstić information content (AvgIpc) is 2.59. The number of hydrogen-bond donors (Lipinski definition) is 2. The molecule has 0 radical (unpaired) electrons. The van der Waals surface area contributed by atoms with E-state index in [9.17, 15) is 9.59 Å². The molecule has 24 heavy (non-hydrogen) atoms. The van der Waals surface area contributed by atoms with E-state index in [0.717, 1.165) is 10.9 Å². The highest BCUT2D eigenvalue weighted by Gasteiger charge is 2.08. The molecule has 1 heterocycles. The lowest BCUT2D eigenvalue weighted by atomic mass is 10.1.